The van der Waals surface area contributed by atoms with Crippen LogP contribution in [0.1, 0.15) is 30.5 Å². The van der Waals surface area contributed by atoms with E-state index < -0.39 is 0 Å². The summed E-state index contributed by atoms with van der Waals surface area (Å²) >= 11 is 0. The molecule has 1 aliphatic rings. The summed E-state index contributed by atoms with van der Waals surface area (Å²) in [5.74, 6) is 0. The fraction of sp³-hybridized carbons (Fsp3) is 0.500. The van der Waals surface area contributed by atoms with Crippen LogP contribution >= 0.6 is 0 Å². The highest BCUT2D eigenvalue weighted by Gasteiger charge is 2.11. The Morgan fingerprint density at radius 2 is 1.85 bits per heavy atom. The lowest BCUT2D eigenvalue weighted by molar-refractivity contribution is 1.09. The van der Waals surface area contributed by atoms with Crippen molar-refractivity contribution in [3.63, 3.8) is 0 Å². The molecular formula is C12H19N. The van der Waals surface area contributed by atoms with Crippen molar-refractivity contribution in [3.8, 4) is 0 Å². The van der Waals surface area contributed by atoms with Gasteiger partial charge in [-0.1, -0.05) is 19.9 Å². The molecule has 1 aromatic rings. The Morgan fingerprint density at radius 3 is 2.54 bits per heavy atom. The molecule has 0 unspecified atom stereocenters. The van der Waals surface area contributed by atoms with E-state index in [1.807, 2.05) is 13.8 Å². The maximum absolute atomic E-state index is 3.38. The smallest absolute Gasteiger partial charge is 0.0378 e. The second kappa shape index (κ2) is 4.31. The molecule has 0 fully saturated rings. The standard InChI is InChI=1S/C10H13N.C2H6/c1-7-5-8(2)9-3-4-11-10(9)6-7;1-2/h5-6,11H,3-4H2,1-2H3;1-2H3. The second-order valence-corrected chi connectivity index (χ2v) is 3.28. The topological polar surface area (TPSA) is 12.0 Å². The van der Waals surface area contributed by atoms with Crippen LogP contribution < -0.4 is 5.32 Å². The molecule has 0 spiro atoms. The largest absolute Gasteiger partial charge is 0.384 e. The number of aryl methyl sites for hydroxylation is 2. The second-order valence-electron chi connectivity index (χ2n) is 3.28. The molecular weight excluding hydrogens is 158 g/mol. The van der Waals surface area contributed by atoms with E-state index in [2.05, 4.69) is 31.3 Å². The molecule has 0 aromatic heterocycles. The SMILES string of the molecule is CC.Cc1cc(C)c2c(c1)NCC2. The van der Waals surface area contributed by atoms with E-state index in [4.69, 9.17) is 0 Å². The highest BCUT2D eigenvalue weighted by atomic mass is 14.9. The molecule has 0 radical (unpaired) electrons. The fourth-order valence-corrected chi connectivity index (χ4v) is 1.81. The Morgan fingerprint density at radius 1 is 1.15 bits per heavy atom. The molecule has 0 bridgehead atoms. The third-order valence-corrected chi connectivity index (χ3v) is 2.31. The normalized spacial score (nSPS) is 12.6. The molecule has 1 heteroatoms. The van der Waals surface area contributed by atoms with E-state index in [-0.39, 0.29) is 0 Å². The van der Waals surface area contributed by atoms with Gasteiger partial charge < -0.3 is 5.32 Å². The lowest BCUT2D eigenvalue weighted by atomic mass is 10.0. The first-order chi connectivity index (χ1) is 6.27. The summed E-state index contributed by atoms with van der Waals surface area (Å²) in [6.07, 6.45) is 1.20. The number of rotatable bonds is 0. The zero-order chi connectivity index (χ0) is 9.84. The molecule has 0 saturated heterocycles. The van der Waals surface area contributed by atoms with E-state index in [1.165, 1.54) is 28.8 Å². The average molecular weight is 177 g/mol. The van der Waals surface area contributed by atoms with Crippen molar-refractivity contribution < 1.29 is 0 Å². The molecule has 1 N–H and O–H groups in total. The summed E-state index contributed by atoms with van der Waals surface area (Å²) in [4.78, 5) is 0. The first-order valence-corrected chi connectivity index (χ1v) is 5.11. The zero-order valence-corrected chi connectivity index (χ0v) is 9.07. The number of anilines is 1. The molecule has 1 nitrogen and oxygen atoms in total. The van der Waals surface area contributed by atoms with Crippen LogP contribution in [0.4, 0.5) is 5.69 Å². The van der Waals surface area contributed by atoms with Gasteiger partial charge in [0, 0.05) is 12.2 Å². The molecule has 2 rings (SSSR count). The maximum Gasteiger partial charge on any atom is 0.0378 e. The number of nitrogens with one attached hydrogen (secondary N) is 1. The minimum atomic E-state index is 1.11. The number of benzene rings is 1. The van der Waals surface area contributed by atoms with Crippen LogP contribution in [0, 0.1) is 13.8 Å². The Balaban J connectivity index is 0.000000396. The fourth-order valence-electron chi connectivity index (χ4n) is 1.81. The molecule has 13 heavy (non-hydrogen) atoms. The van der Waals surface area contributed by atoms with E-state index in [9.17, 15) is 0 Å². The zero-order valence-electron chi connectivity index (χ0n) is 9.07. The predicted octanol–water partition coefficient (Wildman–Crippen LogP) is 3.30. The van der Waals surface area contributed by atoms with Crippen molar-refractivity contribution >= 4 is 5.69 Å². The van der Waals surface area contributed by atoms with Crippen molar-refractivity contribution in [2.45, 2.75) is 34.1 Å². The van der Waals surface area contributed by atoms with Gasteiger partial charge in [0.1, 0.15) is 0 Å². The number of hydrogen-bond donors (Lipinski definition) is 1. The van der Waals surface area contributed by atoms with Crippen LogP contribution in [0.15, 0.2) is 12.1 Å². The third kappa shape index (κ3) is 2.03. The van der Waals surface area contributed by atoms with Gasteiger partial charge in [0.2, 0.25) is 0 Å². The van der Waals surface area contributed by atoms with Gasteiger partial charge in [-0.3, -0.25) is 0 Å². The Hall–Kier alpha value is -0.980. The van der Waals surface area contributed by atoms with Crippen molar-refractivity contribution in [2.24, 2.45) is 0 Å². The van der Waals surface area contributed by atoms with Crippen LogP contribution in [0.2, 0.25) is 0 Å². The van der Waals surface area contributed by atoms with E-state index in [1.54, 1.807) is 0 Å². The quantitative estimate of drug-likeness (QED) is 0.641. The van der Waals surface area contributed by atoms with Crippen molar-refractivity contribution in [1.82, 2.24) is 0 Å². The minimum Gasteiger partial charge on any atom is -0.384 e. The van der Waals surface area contributed by atoms with Crippen LogP contribution in [0.5, 0.6) is 0 Å². The molecule has 1 aromatic carbocycles. The molecule has 1 heterocycles. The van der Waals surface area contributed by atoms with Gasteiger partial charge in [0.25, 0.3) is 0 Å². The first kappa shape index (κ1) is 10.1. The summed E-state index contributed by atoms with van der Waals surface area (Å²) < 4.78 is 0. The first-order valence-electron chi connectivity index (χ1n) is 5.11. The summed E-state index contributed by atoms with van der Waals surface area (Å²) in [6.45, 7) is 9.45. The van der Waals surface area contributed by atoms with Gasteiger partial charge in [-0.05, 0) is 43.0 Å². The Kier molecular flexibility index (Phi) is 3.35. The molecule has 72 valence electrons. The van der Waals surface area contributed by atoms with E-state index in [0.29, 0.717) is 0 Å². The van der Waals surface area contributed by atoms with Crippen LogP contribution in [0.3, 0.4) is 0 Å². The predicted molar refractivity (Wildman–Crippen MR) is 59.5 cm³/mol. The van der Waals surface area contributed by atoms with Crippen molar-refractivity contribution in [3.05, 3.63) is 28.8 Å². The molecule has 0 aliphatic carbocycles. The van der Waals surface area contributed by atoms with Gasteiger partial charge in [0.05, 0.1) is 0 Å². The van der Waals surface area contributed by atoms with E-state index in [0.717, 1.165) is 6.54 Å². The molecule has 0 amide bonds. The van der Waals surface area contributed by atoms with Gasteiger partial charge >= 0.3 is 0 Å². The molecule has 0 saturated carbocycles. The van der Waals surface area contributed by atoms with Crippen LogP contribution in [-0.2, 0) is 6.42 Å². The third-order valence-electron chi connectivity index (χ3n) is 2.31. The maximum atomic E-state index is 3.38. The highest BCUT2D eigenvalue weighted by molar-refractivity contribution is 5.59. The summed E-state index contributed by atoms with van der Waals surface area (Å²) in [6, 6.07) is 4.49. The van der Waals surface area contributed by atoms with Gasteiger partial charge in [0.15, 0.2) is 0 Å². The van der Waals surface area contributed by atoms with Crippen molar-refractivity contribution in [2.75, 3.05) is 11.9 Å². The summed E-state index contributed by atoms with van der Waals surface area (Å²) in [7, 11) is 0. The Bertz CT molecular complexity index is 289. The van der Waals surface area contributed by atoms with Crippen LogP contribution in [0.25, 0.3) is 0 Å². The highest BCUT2D eigenvalue weighted by Crippen LogP contribution is 2.26. The lowest BCUT2D eigenvalue weighted by Crippen LogP contribution is -1.90. The van der Waals surface area contributed by atoms with Crippen molar-refractivity contribution in [1.29, 1.82) is 0 Å². The van der Waals surface area contributed by atoms with Gasteiger partial charge in [-0.2, -0.15) is 0 Å². The monoisotopic (exact) mass is 177 g/mol. The van der Waals surface area contributed by atoms with E-state index >= 15 is 0 Å². The van der Waals surface area contributed by atoms with Crippen LogP contribution in [-0.4, -0.2) is 6.54 Å². The summed E-state index contributed by atoms with van der Waals surface area (Å²) in [5.41, 5.74) is 5.65. The summed E-state index contributed by atoms with van der Waals surface area (Å²) in [5, 5.41) is 3.38. The van der Waals surface area contributed by atoms with Gasteiger partial charge in [-0.25, -0.2) is 0 Å². The lowest BCUT2D eigenvalue weighted by Gasteiger charge is -2.04. The number of hydrogen-bond acceptors (Lipinski definition) is 1. The molecule has 1 aliphatic heterocycles. The Labute approximate surface area is 81.2 Å². The molecule has 0 atom stereocenters. The number of fused-ring (bicyclic) bond motifs is 1. The average Bonchev–Trinajstić information content (AvgIpc) is 2.55. The van der Waals surface area contributed by atoms with Gasteiger partial charge in [-0.15, -0.1) is 0 Å². The minimum absolute atomic E-state index is 1.11.